The average Bonchev–Trinajstić information content (AvgIpc) is 3.12. The zero-order valence-corrected chi connectivity index (χ0v) is 19.3. The topological polar surface area (TPSA) is 54.2 Å². The summed E-state index contributed by atoms with van der Waals surface area (Å²) in [6.45, 7) is 6.19. The molecule has 2 aliphatic rings. The number of aryl methyl sites for hydroxylation is 1. The second-order valence-corrected chi connectivity index (χ2v) is 10.1. The molecule has 0 unspecified atom stereocenters. The Bertz CT molecular complexity index is 1030. The largest absolute Gasteiger partial charge is 0.494 e. The van der Waals surface area contributed by atoms with Crippen LogP contribution >= 0.6 is 0 Å². The molecular weight excluding hydrogens is 396 g/mol. The molecule has 170 valence electrons. The molecule has 5 nitrogen and oxygen atoms in total. The summed E-state index contributed by atoms with van der Waals surface area (Å²) in [6, 6.07) is 6.50. The van der Waals surface area contributed by atoms with Crippen LogP contribution in [0.25, 0.3) is 10.8 Å². The molecule has 1 N–H and O–H groups in total. The maximum absolute atomic E-state index is 10.9. The number of aromatic nitrogens is 3. The monoisotopic (exact) mass is 432 g/mol. The normalized spacial score (nSPS) is 19.0. The van der Waals surface area contributed by atoms with Gasteiger partial charge in [-0.25, -0.2) is 9.97 Å². The van der Waals surface area contributed by atoms with Crippen LogP contribution in [-0.4, -0.2) is 37.6 Å². The molecule has 1 saturated heterocycles. The van der Waals surface area contributed by atoms with E-state index in [0.29, 0.717) is 11.8 Å². The first kappa shape index (κ1) is 21.4. The number of rotatable bonds is 6. The van der Waals surface area contributed by atoms with E-state index in [9.17, 15) is 5.11 Å². The van der Waals surface area contributed by atoms with Gasteiger partial charge in [-0.15, -0.1) is 0 Å². The molecule has 2 fully saturated rings. The zero-order valence-electron chi connectivity index (χ0n) is 19.3. The summed E-state index contributed by atoms with van der Waals surface area (Å²) in [5.74, 6) is 2.82. The van der Waals surface area contributed by atoms with E-state index in [2.05, 4.69) is 44.7 Å². The highest BCUT2D eigenvalue weighted by atomic mass is 16.3. The summed E-state index contributed by atoms with van der Waals surface area (Å²) in [5, 5.41) is 13.2. The summed E-state index contributed by atoms with van der Waals surface area (Å²) in [4.78, 5) is 11.2. The van der Waals surface area contributed by atoms with E-state index in [1.165, 1.54) is 61.5 Å². The number of aromatic hydroxyl groups is 1. The first-order valence-electron chi connectivity index (χ1n) is 12.5. The number of nitrogens with zero attached hydrogens (tertiary/aromatic N) is 4. The van der Waals surface area contributed by atoms with Crippen molar-refractivity contribution in [1.29, 1.82) is 0 Å². The van der Waals surface area contributed by atoms with Crippen LogP contribution in [0.2, 0.25) is 0 Å². The molecule has 1 aliphatic carbocycles. The molecule has 0 spiro atoms. The van der Waals surface area contributed by atoms with Gasteiger partial charge in [-0.2, -0.15) is 0 Å². The second-order valence-electron chi connectivity index (χ2n) is 10.1. The summed E-state index contributed by atoms with van der Waals surface area (Å²) < 4.78 is 2.11. The number of hydrogen-bond acceptors (Lipinski definition) is 4. The van der Waals surface area contributed by atoms with E-state index in [1.807, 2.05) is 18.5 Å². The van der Waals surface area contributed by atoms with Gasteiger partial charge < -0.3 is 9.67 Å². The Balaban J connectivity index is 1.23. The van der Waals surface area contributed by atoms with Gasteiger partial charge in [0.1, 0.15) is 5.82 Å². The lowest BCUT2D eigenvalue weighted by molar-refractivity contribution is 0.173. The SMILES string of the molecule is Cc1cc(CC2CCN(Cc3ncccn3)CC2)cc2cn(CC3CCCCC3)c(O)c12. The average molecular weight is 433 g/mol. The molecule has 5 heteroatoms. The molecule has 0 radical (unpaired) electrons. The van der Waals surface area contributed by atoms with Crippen LogP contribution in [0.5, 0.6) is 5.88 Å². The number of piperidine rings is 1. The summed E-state index contributed by atoms with van der Waals surface area (Å²) in [7, 11) is 0. The van der Waals surface area contributed by atoms with Crippen LogP contribution < -0.4 is 0 Å². The third kappa shape index (κ3) is 4.83. The number of hydrogen-bond donors (Lipinski definition) is 1. The highest BCUT2D eigenvalue weighted by Gasteiger charge is 2.22. The predicted molar refractivity (Wildman–Crippen MR) is 129 cm³/mol. The summed E-state index contributed by atoms with van der Waals surface area (Å²) in [6.07, 6.45) is 16.1. The van der Waals surface area contributed by atoms with E-state index in [1.54, 1.807) is 0 Å². The van der Waals surface area contributed by atoms with Crippen LogP contribution in [0.3, 0.4) is 0 Å². The van der Waals surface area contributed by atoms with Crippen molar-refractivity contribution in [2.24, 2.45) is 11.8 Å². The molecule has 3 heterocycles. The molecule has 32 heavy (non-hydrogen) atoms. The second kappa shape index (κ2) is 9.62. The van der Waals surface area contributed by atoms with Crippen molar-refractivity contribution >= 4 is 10.8 Å². The van der Waals surface area contributed by atoms with Gasteiger partial charge in [0.2, 0.25) is 0 Å². The fraction of sp³-hybridized carbons (Fsp3) is 0.556. The first-order chi connectivity index (χ1) is 15.7. The molecular formula is C27H36N4O. The Labute approximate surface area is 191 Å². The van der Waals surface area contributed by atoms with Gasteiger partial charge in [0, 0.05) is 35.9 Å². The highest BCUT2D eigenvalue weighted by molar-refractivity contribution is 5.91. The Hall–Kier alpha value is -2.40. The summed E-state index contributed by atoms with van der Waals surface area (Å²) >= 11 is 0. The lowest BCUT2D eigenvalue weighted by Crippen LogP contribution is -2.34. The minimum Gasteiger partial charge on any atom is -0.494 e. The van der Waals surface area contributed by atoms with Gasteiger partial charge in [0.15, 0.2) is 5.88 Å². The fourth-order valence-electron chi connectivity index (χ4n) is 5.87. The third-order valence-corrected chi connectivity index (χ3v) is 7.61. The lowest BCUT2D eigenvalue weighted by atomic mass is 9.89. The number of fused-ring (bicyclic) bond motifs is 1. The molecule has 5 rings (SSSR count). The smallest absolute Gasteiger partial charge is 0.199 e. The molecule has 0 atom stereocenters. The Morgan fingerprint density at radius 2 is 1.72 bits per heavy atom. The van der Waals surface area contributed by atoms with Gasteiger partial charge in [-0.1, -0.05) is 25.3 Å². The minimum atomic E-state index is 0.464. The van der Waals surface area contributed by atoms with Crippen LogP contribution in [0.15, 0.2) is 36.8 Å². The van der Waals surface area contributed by atoms with Gasteiger partial charge in [-0.3, -0.25) is 4.90 Å². The van der Waals surface area contributed by atoms with Crippen molar-refractivity contribution < 1.29 is 5.11 Å². The molecule has 1 saturated carbocycles. The van der Waals surface area contributed by atoms with Crippen molar-refractivity contribution in [3.63, 3.8) is 0 Å². The van der Waals surface area contributed by atoms with Gasteiger partial charge >= 0.3 is 0 Å². The van der Waals surface area contributed by atoms with Crippen LogP contribution in [0, 0.1) is 18.8 Å². The molecule has 3 aromatic rings. The maximum Gasteiger partial charge on any atom is 0.199 e. The third-order valence-electron chi connectivity index (χ3n) is 7.61. The number of likely N-dealkylation sites (tertiary alicyclic amines) is 1. The van der Waals surface area contributed by atoms with Crippen LogP contribution in [0.4, 0.5) is 0 Å². The lowest BCUT2D eigenvalue weighted by Gasteiger charge is -2.31. The van der Waals surface area contributed by atoms with E-state index < -0.39 is 0 Å². The van der Waals surface area contributed by atoms with Crippen molar-refractivity contribution in [3.05, 3.63) is 53.7 Å². The van der Waals surface area contributed by atoms with Crippen LogP contribution in [0.1, 0.15) is 61.9 Å². The molecule has 0 bridgehead atoms. The Morgan fingerprint density at radius 3 is 2.47 bits per heavy atom. The van der Waals surface area contributed by atoms with Crippen molar-refractivity contribution in [3.8, 4) is 5.88 Å². The molecule has 0 amide bonds. The van der Waals surface area contributed by atoms with Gasteiger partial charge in [0.05, 0.1) is 6.54 Å². The molecule has 1 aromatic carbocycles. The van der Waals surface area contributed by atoms with E-state index >= 15 is 0 Å². The molecule has 2 aromatic heterocycles. The van der Waals surface area contributed by atoms with Crippen LogP contribution in [-0.2, 0) is 19.5 Å². The Kier molecular flexibility index (Phi) is 6.44. The van der Waals surface area contributed by atoms with Crippen molar-refractivity contribution in [2.75, 3.05) is 13.1 Å². The Morgan fingerprint density at radius 1 is 0.969 bits per heavy atom. The first-order valence-corrected chi connectivity index (χ1v) is 12.5. The van der Waals surface area contributed by atoms with E-state index in [0.717, 1.165) is 49.7 Å². The molecule has 1 aliphatic heterocycles. The predicted octanol–water partition coefficient (Wildman–Crippen LogP) is 5.48. The van der Waals surface area contributed by atoms with E-state index in [-0.39, 0.29) is 0 Å². The van der Waals surface area contributed by atoms with E-state index in [4.69, 9.17) is 0 Å². The van der Waals surface area contributed by atoms with Gasteiger partial charge in [-0.05, 0) is 87.2 Å². The standard InChI is InChI=1S/C27H36N4O/c1-20-14-23(15-21-8-12-30(13-9-21)19-25-28-10-5-11-29-25)16-24-18-31(27(32)26(20)24)17-22-6-3-2-4-7-22/h5,10-11,14,16,18,21-22,32H,2-4,6-9,12-13,15,17,19H2,1H3. The minimum absolute atomic E-state index is 0.464. The quantitative estimate of drug-likeness (QED) is 0.560. The highest BCUT2D eigenvalue weighted by Crippen LogP contribution is 2.35. The fourth-order valence-corrected chi connectivity index (χ4v) is 5.87. The zero-order chi connectivity index (χ0) is 21.9. The van der Waals surface area contributed by atoms with Crippen molar-refractivity contribution in [2.45, 2.75) is 71.4 Å². The van der Waals surface area contributed by atoms with Crippen molar-refractivity contribution in [1.82, 2.24) is 19.4 Å². The summed E-state index contributed by atoms with van der Waals surface area (Å²) in [5.41, 5.74) is 2.62. The maximum atomic E-state index is 10.9. The number of benzene rings is 1. The van der Waals surface area contributed by atoms with Gasteiger partial charge in [0.25, 0.3) is 0 Å².